The fraction of sp³-hybridized carbons (Fsp3) is 0.312. The molecule has 1 aromatic heterocycles. The van der Waals surface area contributed by atoms with Crippen LogP contribution in [-0.4, -0.2) is 23.2 Å². The summed E-state index contributed by atoms with van der Waals surface area (Å²) in [5.41, 5.74) is 1.02. The SMILES string of the molecule is COc1ccccc1C1SC(C)C(=O)N1Cc1ccco1. The van der Waals surface area contributed by atoms with Crippen LogP contribution in [0.15, 0.2) is 47.1 Å². The number of carbonyl (C=O) groups excluding carboxylic acids is 1. The molecule has 1 aliphatic rings. The van der Waals surface area contributed by atoms with Crippen molar-refractivity contribution < 1.29 is 13.9 Å². The van der Waals surface area contributed by atoms with Crippen molar-refractivity contribution in [2.45, 2.75) is 24.1 Å². The molecule has 1 saturated heterocycles. The second-order valence-corrected chi connectivity index (χ2v) is 6.34. The Labute approximate surface area is 128 Å². The van der Waals surface area contributed by atoms with Gasteiger partial charge in [-0.1, -0.05) is 18.2 Å². The molecule has 1 fully saturated rings. The molecule has 0 bridgehead atoms. The van der Waals surface area contributed by atoms with E-state index in [-0.39, 0.29) is 16.5 Å². The molecule has 110 valence electrons. The normalized spacial score (nSPS) is 21.8. The average molecular weight is 303 g/mol. The summed E-state index contributed by atoms with van der Waals surface area (Å²) in [6.07, 6.45) is 1.63. The van der Waals surface area contributed by atoms with Crippen LogP contribution in [0.2, 0.25) is 0 Å². The third kappa shape index (κ3) is 2.65. The van der Waals surface area contributed by atoms with Gasteiger partial charge in [-0.15, -0.1) is 11.8 Å². The van der Waals surface area contributed by atoms with Gasteiger partial charge in [0.1, 0.15) is 16.9 Å². The van der Waals surface area contributed by atoms with Gasteiger partial charge in [-0.2, -0.15) is 0 Å². The van der Waals surface area contributed by atoms with E-state index >= 15 is 0 Å². The number of nitrogens with zero attached hydrogens (tertiary/aromatic N) is 1. The quantitative estimate of drug-likeness (QED) is 0.867. The lowest BCUT2D eigenvalue weighted by Crippen LogP contribution is -2.29. The zero-order valence-corrected chi connectivity index (χ0v) is 12.8. The first kappa shape index (κ1) is 14.1. The van der Waals surface area contributed by atoms with Crippen LogP contribution in [0, 0.1) is 0 Å². The van der Waals surface area contributed by atoms with E-state index in [2.05, 4.69) is 0 Å². The van der Waals surface area contributed by atoms with E-state index in [1.807, 2.05) is 48.2 Å². The van der Waals surface area contributed by atoms with Gasteiger partial charge in [0.05, 0.1) is 25.2 Å². The standard InChI is InChI=1S/C16H17NO3S/c1-11-15(18)17(10-12-6-5-9-20-12)16(21-11)13-7-3-4-8-14(13)19-2/h3-9,11,16H,10H2,1-2H3. The molecule has 2 unspecified atom stereocenters. The number of furan rings is 1. The molecular weight excluding hydrogens is 286 g/mol. The first-order chi connectivity index (χ1) is 10.2. The van der Waals surface area contributed by atoms with E-state index in [4.69, 9.17) is 9.15 Å². The van der Waals surface area contributed by atoms with Gasteiger partial charge in [0.2, 0.25) is 5.91 Å². The predicted octanol–water partition coefficient (Wildman–Crippen LogP) is 3.45. The average Bonchev–Trinajstić information content (AvgIpc) is 3.11. The Hall–Kier alpha value is -1.88. The first-order valence-corrected chi connectivity index (χ1v) is 7.76. The maximum Gasteiger partial charge on any atom is 0.237 e. The topological polar surface area (TPSA) is 42.7 Å². The molecule has 1 aliphatic heterocycles. The fourth-order valence-corrected chi connectivity index (χ4v) is 3.82. The van der Waals surface area contributed by atoms with Gasteiger partial charge < -0.3 is 14.1 Å². The largest absolute Gasteiger partial charge is 0.496 e. The van der Waals surface area contributed by atoms with Crippen molar-refractivity contribution in [1.29, 1.82) is 0 Å². The third-order valence-corrected chi connectivity index (χ3v) is 4.93. The first-order valence-electron chi connectivity index (χ1n) is 6.82. The molecule has 3 rings (SSSR count). The summed E-state index contributed by atoms with van der Waals surface area (Å²) in [4.78, 5) is 14.3. The summed E-state index contributed by atoms with van der Waals surface area (Å²) in [7, 11) is 1.65. The Kier molecular flexibility index (Phi) is 3.92. The molecule has 4 nitrogen and oxygen atoms in total. The van der Waals surface area contributed by atoms with E-state index in [1.54, 1.807) is 25.1 Å². The molecule has 2 heterocycles. The van der Waals surface area contributed by atoms with Gasteiger partial charge >= 0.3 is 0 Å². The minimum atomic E-state index is -0.0603. The second-order valence-electron chi connectivity index (χ2n) is 4.92. The smallest absolute Gasteiger partial charge is 0.237 e. The molecule has 5 heteroatoms. The maximum atomic E-state index is 12.4. The van der Waals surface area contributed by atoms with Crippen molar-refractivity contribution in [2.75, 3.05) is 7.11 Å². The number of para-hydroxylation sites is 1. The van der Waals surface area contributed by atoms with Crippen molar-refractivity contribution in [3.8, 4) is 5.75 Å². The number of carbonyl (C=O) groups is 1. The molecular formula is C16H17NO3S. The number of amides is 1. The van der Waals surface area contributed by atoms with Crippen molar-refractivity contribution >= 4 is 17.7 Å². The van der Waals surface area contributed by atoms with E-state index in [9.17, 15) is 4.79 Å². The number of ether oxygens (including phenoxy) is 1. The molecule has 1 amide bonds. The zero-order chi connectivity index (χ0) is 14.8. The summed E-state index contributed by atoms with van der Waals surface area (Å²) in [6.45, 7) is 2.42. The summed E-state index contributed by atoms with van der Waals surface area (Å²) >= 11 is 1.64. The van der Waals surface area contributed by atoms with Gasteiger partial charge in [-0.3, -0.25) is 4.79 Å². The molecule has 0 saturated carbocycles. The number of benzene rings is 1. The molecule has 0 radical (unpaired) electrons. The molecule has 2 atom stereocenters. The van der Waals surface area contributed by atoms with Gasteiger partial charge in [0, 0.05) is 5.56 Å². The fourth-order valence-electron chi connectivity index (χ4n) is 2.52. The summed E-state index contributed by atoms with van der Waals surface area (Å²) in [5, 5.41) is -0.108. The van der Waals surface area contributed by atoms with Crippen molar-refractivity contribution in [3.05, 3.63) is 54.0 Å². The number of hydrogen-bond acceptors (Lipinski definition) is 4. The van der Waals surface area contributed by atoms with Gasteiger partial charge in [-0.05, 0) is 25.1 Å². The lowest BCUT2D eigenvalue weighted by molar-refractivity contribution is -0.130. The molecule has 1 aromatic carbocycles. The van der Waals surface area contributed by atoms with E-state index in [0.29, 0.717) is 6.54 Å². The van der Waals surface area contributed by atoms with Gasteiger partial charge in [-0.25, -0.2) is 0 Å². The predicted molar refractivity (Wildman–Crippen MR) is 82.0 cm³/mol. The summed E-state index contributed by atoms with van der Waals surface area (Å²) < 4.78 is 10.8. The van der Waals surface area contributed by atoms with Gasteiger partial charge in [0.15, 0.2) is 0 Å². The second kappa shape index (κ2) is 5.85. The minimum Gasteiger partial charge on any atom is -0.496 e. The maximum absolute atomic E-state index is 12.4. The third-order valence-electron chi connectivity index (χ3n) is 3.56. The van der Waals surface area contributed by atoms with Crippen LogP contribution < -0.4 is 4.74 Å². The molecule has 0 N–H and O–H groups in total. The monoisotopic (exact) mass is 303 g/mol. The highest BCUT2D eigenvalue weighted by atomic mass is 32.2. The van der Waals surface area contributed by atoms with Crippen LogP contribution in [0.1, 0.15) is 23.6 Å². The number of methoxy groups -OCH3 is 1. The highest BCUT2D eigenvalue weighted by Crippen LogP contribution is 2.46. The van der Waals surface area contributed by atoms with Crippen molar-refractivity contribution in [3.63, 3.8) is 0 Å². The van der Waals surface area contributed by atoms with Crippen LogP contribution in [0.4, 0.5) is 0 Å². The van der Waals surface area contributed by atoms with Crippen LogP contribution in [0.25, 0.3) is 0 Å². The van der Waals surface area contributed by atoms with Crippen LogP contribution in [-0.2, 0) is 11.3 Å². The lowest BCUT2D eigenvalue weighted by Gasteiger charge is -2.24. The van der Waals surface area contributed by atoms with Gasteiger partial charge in [0.25, 0.3) is 0 Å². The number of rotatable bonds is 4. The number of hydrogen-bond donors (Lipinski definition) is 0. The van der Waals surface area contributed by atoms with E-state index in [0.717, 1.165) is 17.1 Å². The highest BCUT2D eigenvalue weighted by Gasteiger charge is 2.39. The highest BCUT2D eigenvalue weighted by molar-refractivity contribution is 8.01. The molecule has 2 aromatic rings. The van der Waals surface area contributed by atoms with Crippen LogP contribution in [0.3, 0.4) is 0 Å². The Balaban J connectivity index is 1.93. The summed E-state index contributed by atoms with van der Waals surface area (Å²) in [5.74, 6) is 1.73. The van der Waals surface area contributed by atoms with Crippen LogP contribution >= 0.6 is 11.8 Å². The van der Waals surface area contributed by atoms with Crippen molar-refractivity contribution in [1.82, 2.24) is 4.90 Å². The van der Waals surface area contributed by atoms with E-state index in [1.165, 1.54) is 0 Å². The Morgan fingerprint density at radius 2 is 2.10 bits per heavy atom. The molecule has 0 aliphatic carbocycles. The molecule has 21 heavy (non-hydrogen) atoms. The zero-order valence-electron chi connectivity index (χ0n) is 12.0. The Bertz CT molecular complexity index is 626. The molecule has 0 spiro atoms. The van der Waals surface area contributed by atoms with Crippen LogP contribution in [0.5, 0.6) is 5.75 Å². The Morgan fingerprint density at radius 1 is 1.29 bits per heavy atom. The summed E-state index contributed by atoms with van der Waals surface area (Å²) in [6, 6.07) is 11.6. The lowest BCUT2D eigenvalue weighted by atomic mass is 10.1. The minimum absolute atomic E-state index is 0.0475. The number of thioether (sulfide) groups is 1. The van der Waals surface area contributed by atoms with Crippen molar-refractivity contribution in [2.24, 2.45) is 0 Å². The van der Waals surface area contributed by atoms with E-state index < -0.39 is 0 Å². The Morgan fingerprint density at radius 3 is 2.81 bits per heavy atom.